The van der Waals surface area contributed by atoms with E-state index in [-0.39, 0.29) is 11.0 Å². The van der Waals surface area contributed by atoms with E-state index in [9.17, 15) is 4.79 Å². The number of pyridine rings is 1. The molecule has 0 radical (unpaired) electrons. The highest BCUT2D eigenvalue weighted by atomic mass is 16.1. The van der Waals surface area contributed by atoms with Crippen LogP contribution in [0.25, 0.3) is 5.65 Å². The van der Waals surface area contributed by atoms with Crippen molar-refractivity contribution in [2.75, 3.05) is 25.0 Å². The van der Waals surface area contributed by atoms with Crippen LogP contribution in [0.2, 0.25) is 0 Å². The van der Waals surface area contributed by atoms with Gasteiger partial charge in [-0.05, 0) is 37.6 Å². The van der Waals surface area contributed by atoms with Crippen LogP contribution in [0.4, 0.5) is 5.95 Å². The van der Waals surface area contributed by atoms with Crippen molar-refractivity contribution in [3.8, 4) is 0 Å². The summed E-state index contributed by atoms with van der Waals surface area (Å²) < 4.78 is 3.58. The second-order valence-corrected chi connectivity index (χ2v) is 9.05. The van der Waals surface area contributed by atoms with Crippen molar-refractivity contribution in [2.24, 2.45) is 0 Å². The lowest BCUT2D eigenvalue weighted by molar-refractivity contribution is 0.147. The minimum atomic E-state index is -0.0754. The van der Waals surface area contributed by atoms with E-state index in [1.807, 2.05) is 34.9 Å². The number of nitrogens with zero attached hydrogens (tertiary/aromatic N) is 6. The smallest absolute Gasteiger partial charge is 0.266 e. The molecule has 1 atom stereocenters. The molecule has 1 unspecified atom stereocenters. The minimum Gasteiger partial charge on any atom is -0.352 e. The molecule has 0 spiro atoms. The summed E-state index contributed by atoms with van der Waals surface area (Å²) >= 11 is 0. The summed E-state index contributed by atoms with van der Waals surface area (Å²) in [6.45, 7) is 9.61. The van der Waals surface area contributed by atoms with Crippen molar-refractivity contribution in [3.63, 3.8) is 0 Å². The molecule has 3 aromatic rings. The Kier molecular flexibility index (Phi) is 5.85. The zero-order chi connectivity index (χ0) is 21.1. The van der Waals surface area contributed by atoms with Crippen LogP contribution in [0.15, 0.2) is 41.3 Å². The van der Waals surface area contributed by atoms with E-state index in [2.05, 4.69) is 46.3 Å². The maximum atomic E-state index is 12.3. The van der Waals surface area contributed by atoms with Crippen molar-refractivity contribution in [3.05, 3.63) is 52.6 Å². The molecule has 8 heteroatoms. The lowest BCUT2D eigenvalue weighted by Crippen LogP contribution is -2.46. The molecule has 4 heterocycles. The molecule has 4 rings (SSSR count). The summed E-state index contributed by atoms with van der Waals surface area (Å²) in [4.78, 5) is 14.8. The van der Waals surface area contributed by atoms with Crippen LogP contribution in [-0.2, 0) is 12.0 Å². The molecule has 3 aromatic heterocycles. The molecule has 1 aliphatic heterocycles. The quantitative estimate of drug-likeness (QED) is 0.674. The first kappa shape index (κ1) is 20.5. The highest BCUT2D eigenvalue weighted by molar-refractivity contribution is 5.44. The van der Waals surface area contributed by atoms with Gasteiger partial charge in [0, 0.05) is 36.8 Å². The van der Waals surface area contributed by atoms with Gasteiger partial charge in [0.2, 0.25) is 5.95 Å². The number of anilines is 1. The third kappa shape index (κ3) is 4.53. The van der Waals surface area contributed by atoms with Crippen LogP contribution in [0, 0.1) is 0 Å². The van der Waals surface area contributed by atoms with Gasteiger partial charge >= 0.3 is 0 Å². The molecule has 1 aliphatic rings. The average Bonchev–Trinajstić information content (AvgIpc) is 3.14. The van der Waals surface area contributed by atoms with E-state index in [4.69, 9.17) is 0 Å². The van der Waals surface area contributed by atoms with E-state index in [1.165, 1.54) is 12.8 Å². The zero-order valence-corrected chi connectivity index (χ0v) is 18.1. The Balaban J connectivity index is 1.41. The largest absolute Gasteiger partial charge is 0.352 e. The van der Waals surface area contributed by atoms with Crippen molar-refractivity contribution < 1.29 is 0 Å². The van der Waals surface area contributed by atoms with E-state index in [1.54, 1.807) is 10.7 Å². The van der Waals surface area contributed by atoms with Gasteiger partial charge in [0.25, 0.3) is 5.56 Å². The summed E-state index contributed by atoms with van der Waals surface area (Å²) in [5.41, 5.74) is 1.67. The Hall–Kier alpha value is -2.74. The highest BCUT2D eigenvalue weighted by Gasteiger charge is 2.23. The predicted octanol–water partition coefficient (Wildman–Crippen LogP) is 2.55. The highest BCUT2D eigenvalue weighted by Crippen LogP contribution is 2.19. The van der Waals surface area contributed by atoms with Gasteiger partial charge in [0.05, 0.1) is 12.2 Å². The molecule has 0 bridgehead atoms. The maximum Gasteiger partial charge on any atom is 0.266 e. The molecule has 0 saturated carbocycles. The molecule has 1 fully saturated rings. The molecule has 30 heavy (non-hydrogen) atoms. The van der Waals surface area contributed by atoms with Crippen LogP contribution in [0.1, 0.15) is 45.7 Å². The van der Waals surface area contributed by atoms with Gasteiger partial charge in [-0.3, -0.25) is 14.1 Å². The van der Waals surface area contributed by atoms with Crippen molar-refractivity contribution in [2.45, 2.75) is 58.0 Å². The summed E-state index contributed by atoms with van der Waals surface area (Å²) in [6, 6.07) is 9.76. The monoisotopic (exact) mass is 409 g/mol. The minimum absolute atomic E-state index is 0.0374. The number of piperidine rings is 1. The summed E-state index contributed by atoms with van der Waals surface area (Å²) in [5, 5.41) is 16.6. The fourth-order valence-electron chi connectivity index (χ4n) is 3.99. The van der Waals surface area contributed by atoms with E-state index < -0.39 is 0 Å². The van der Waals surface area contributed by atoms with Crippen molar-refractivity contribution in [1.29, 1.82) is 0 Å². The van der Waals surface area contributed by atoms with E-state index >= 15 is 0 Å². The van der Waals surface area contributed by atoms with Crippen molar-refractivity contribution >= 4 is 11.6 Å². The fourth-order valence-corrected chi connectivity index (χ4v) is 3.99. The molecular formula is C22H31N7O. The topological polar surface area (TPSA) is 80.4 Å². The van der Waals surface area contributed by atoms with Crippen molar-refractivity contribution in [1.82, 2.24) is 29.3 Å². The third-order valence-electron chi connectivity index (χ3n) is 5.79. The van der Waals surface area contributed by atoms with Gasteiger partial charge < -0.3 is 5.32 Å². The zero-order valence-electron chi connectivity index (χ0n) is 18.1. The molecule has 0 aliphatic carbocycles. The third-order valence-corrected chi connectivity index (χ3v) is 5.79. The number of rotatable bonds is 6. The Morgan fingerprint density at radius 2 is 1.97 bits per heavy atom. The fraction of sp³-hybridized carbons (Fsp3) is 0.545. The van der Waals surface area contributed by atoms with Gasteiger partial charge in [-0.25, -0.2) is 4.68 Å². The second kappa shape index (κ2) is 8.55. The van der Waals surface area contributed by atoms with Gasteiger partial charge in [-0.2, -0.15) is 5.10 Å². The van der Waals surface area contributed by atoms with Crippen LogP contribution in [0.3, 0.4) is 0 Å². The average molecular weight is 410 g/mol. The number of nitrogens with one attached hydrogen (secondary N) is 1. The summed E-state index contributed by atoms with van der Waals surface area (Å²) in [5.74, 6) is 0.770. The van der Waals surface area contributed by atoms with Gasteiger partial charge in [-0.1, -0.05) is 33.3 Å². The molecule has 8 nitrogen and oxygen atoms in total. The molecular weight excluding hydrogens is 378 g/mol. The standard InChI is InChI=1S/C22H31N7O/c1-22(2,3)18-10-11-20(30)29(26-18)15-14-27-12-6-4-8-17(27)16-23-21-25-24-19-9-5-7-13-28(19)21/h5,7,9-11,13,17H,4,6,8,12,14-16H2,1-3H3,(H,23,25). The van der Waals surface area contributed by atoms with E-state index in [0.29, 0.717) is 12.6 Å². The van der Waals surface area contributed by atoms with Gasteiger partial charge in [0.1, 0.15) is 0 Å². The van der Waals surface area contributed by atoms with Crippen LogP contribution < -0.4 is 10.9 Å². The lowest BCUT2D eigenvalue weighted by Gasteiger charge is -2.35. The number of hydrogen-bond acceptors (Lipinski definition) is 6. The number of aromatic nitrogens is 5. The first-order valence-electron chi connectivity index (χ1n) is 10.8. The predicted molar refractivity (Wildman–Crippen MR) is 118 cm³/mol. The first-order valence-corrected chi connectivity index (χ1v) is 10.8. The molecule has 0 amide bonds. The normalized spacial score (nSPS) is 18.0. The van der Waals surface area contributed by atoms with Gasteiger partial charge in [-0.15, -0.1) is 10.2 Å². The number of likely N-dealkylation sites (tertiary alicyclic amines) is 1. The Morgan fingerprint density at radius 1 is 1.10 bits per heavy atom. The van der Waals surface area contributed by atoms with Gasteiger partial charge in [0.15, 0.2) is 5.65 Å². The first-order chi connectivity index (χ1) is 14.4. The molecule has 1 N–H and O–H groups in total. The second-order valence-electron chi connectivity index (χ2n) is 9.05. The van der Waals surface area contributed by atoms with E-state index in [0.717, 1.165) is 43.3 Å². The molecule has 0 aromatic carbocycles. The number of fused-ring (bicyclic) bond motifs is 1. The van der Waals surface area contributed by atoms with Crippen LogP contribution in [-0.4, -0.2) is 55.0 Å². The Morgan fingerprint density at radius 3 is 2.80 bits per heavy atom. The summed E-state index contributed by atoms with van der Waals surface area (Å²) in [7, 11) is 0. The number of hydrogen-bond donors (Lipinski definition) is 1. The lowest BCUT2D eigenvalue weighted by atomic mass is 9.92. The molecule has 1 saturated heterocycles. The molecule has 160 valence electrons. The van der Waals surface area contributed by atoms with Crippen LogP contribution >= 0.6 is 0 Å². The summed E-state index contributed by atoms with van der Waals surface area (Å²) in [6.07, 6.45) is 5.51. The maximum absolute atomic E-state index is 12.3. The van der Waals surface area contributed by atoms with Crippen LogP contribution in [0.5, 0.6) is 0 Å². The SMILES string of the molecule is CC(C)(C)c1ccc(=O)n(CCN2CCCCC2CNc2nnc3ccccn23)n1. The Labute approximate surface area is 176 Å². The Bertz CT molecular complexity index is 1050.